The Morgan fingerprint density at radius 3 is 2.83 bits per heavy atom. The smallest absolute Gasteiger partial charge is 0.187 e. The number of aliphatic hydroxyl groups is 1. The Balaban J connectivity index is 2.87. The van der Waals surface area contributed by atoms with Gasteiger partial charge in [0.25, 0.3) is 0 Å². The Morgan fingerprint density at radius 1 is 1.75 bits per heavy atom. The normalized spacial score (nSPS) is 29.9. The first-order valence-electron chi connectivity index (χ1n) is 4.08. The van der Waals surface area contributed by atoms with Gasteiger partial charge in [-0.2, -0.15) is 0 Å². The highest BCUT2D eigenvalue weighted by Gasteiger charge is 2.30. The molecule has 1 N–H and O–H groups in total. The van der Waals surface area contributed by atoms with Gasteiger partial charge in [0.1, 0.15) is 6.10 Å². The van der Waals surface area contributed by atoms with E-state index in [2.05, 4.69) is 6.58 Å². The van der Waals surface area contributed by atoms with E-state index in [1.165, 1.54) is 0 Å². The highest BCUT2D eigenvalue weighted by molar-refractivity contribution is 5.99. The van der Waals surface area contributed by atoms with Gasteiger partial charge in [-0.1, -0.05) is 18.2 Å². The molecular formula is C10H14O2. The van der Waals surface area contributed by atoms with Crippen molar-refractivity contribution in [3.63, 3.8) is 0 Å². The average Bonchev–Trinajstić information content (AvgIpc) is 2.00. The highest BCUT2D eigenvalue weighted by atomic mass is 16.3. The molecule has 0 saturated heterocycles. The van der Waals surface area contributed by atoms with E-state index in [4.69, 9.17) is 0 Å². The molecule has 0 heterocycles. The molecule has 0 radical (unpaired) electrons. The van der Waals surface area contributed by atoms with Gasteiger partial charge < -0.3 is 5.11 Å². The van der Waals surface area contributed by atoms with E-state index in [-0.39, 0.29) is 11.7 Å². The highest BCUT2D eigenvalue weighted by Crippen LogP contribution is 2.25. The van der Waals surface area contributed by atoms with Crippen molar-refractivity contribution in [3.05, 3.63) is 23.8 Å². The first-order chi connectivity index (χ1) is 5.54. The molecule has 0 aromatic rings. The molecule has 1 aliphatic rings. The van der Waals surface area contributed by atoms with Gasteiger partial charge in [0.2, 0.25) is 0 Å². The van der Waals surface area contributed by atoms with Crippen molar-refractivity contribution in [1.29, 1.82) is 0 Å². The van der Waals surface area contributed by atoms with Crippen LogP contribution in [0.25, 0.3) is 0 Å². The monoisotopic (exact) mass is 166 g/mol. The maximum atomic E-state index is 11.3. The molecule has 1 aliphatic carbocycles. The predicted octanol–water partition coefficient (Wildman–Crippen LogP) is 1.46. The molecular weight excluding hydrogens is 152 g/mol. The summed E-state index contributed by atoms with van der Waals surface area (Å²) in [5.41, 5.74) is 1.54. The summed E-state index contributed by atoms with van der Waals surface area (Å²) in [7, 11) is 0. The van der Waals surface area contributed by atoms with Crippen molar-refractivity contribution in [2.24, 2.45) is 5.92 Å². The molecule has 0 bridgehead atoms. The minimum absolute atomic E-state index is 0.0822. The summed E-state index contributed by atoms with van der Waals surface area (Å²) in [4.78, 5) is 11.3. The molecule has 0 spiro atoms. The van der Waals surface area contributed by atoms with Crippen LogP contribution in [0.1, 0.15) is 20.3 Å². The summed E-state index contributed by atoms with van der Waals surface area (Å²) < 4.78 is 0. The summed E-state index contributed by atoms with van der Waals surface area (Å²) in [6.45, 7) is 7.33. The third kappa shape index (κ3) is 1.48. The second kappa shape index (κ2) is 3.23. The van der Waals surface area contributed by atoms with Crippen LogP contribution in [0.5, 0.6) is 0 Å². The fourth-order valence-corrected chi connectivity index (χ4v) is 1.42. The van der Waals surface area contributed by atoms with Crippen molar-refractivity contribution in [2.75, 3.05) is 0 Å². The van der Waals surface area contributed by atoms with Crippen LogP contribution in [0.2, 0.25) is 0 Å². The number of allylic oxidation sites excluding steroid dienone is 1. The molecule has 0 fully saturated rings. The standard InChI is InChI=1S/C10H14O2/c1-6(2)8-5-4-7(3)9(11)10(8)12/h4,8,10,12H,1,5H2,2-3H3/t8-,10+/m0/s1. The fourth-order valence-electron chi connectivity index (χ4n) is 1.42. The zero-order chi connectivity index (χ0) is 9.30. The van der Waals surface area contributed by atoms with Gasteiger partial charge in [-0.15, -0.1) is 0 Å². The maximum absolute atomic E-state index is 11.3. The van der Waals surface area contributed by atoms with Crippen LogP contribution in [-0.2, 0) is 4.79 Å². The zero-order valence-corrected chi connectivity index (χ0v) is 7.50. The summed E-state index contributed by atoms with van der Waals surface area (Å²) in [6.07, 6.45) is 1.73. The molecule has 66 valence electrons. The van der Waals surface area contributed by atoms with Gasteiger partial charge in [-0.3, -0.25) is 4.79 Å². The largest absolute Gasteiger partial charge is 0.384 e. The van der Waals surface area contributed by atoms with Gasteiger partial charge in [0.15, 0.2) is 5.78 Å². The molecule has 0 aromatic heterocycles. The second-order valence-corrected chi connectivity index (χ2v) is 3.38. The number of carbonyl (C=O) groups is 1. The molecule has 12 heavy (non-hydrogen) atoms. The number of Topliss-reactive ketones (excluding diaryl/α,β-unsaturated/α-hetero) is 1. The minimum atomic E-state index is -0.868. The number of ketones is 1. The van der Waals surface area contributed by atoms with E-state index in [0.29, 0.717) is 5.57 Å². The number of carbonyl (C=O) groups excluding carboxylic acids is 1. The van der Waals surface area contributed by atoms with Crippen LogP contribution in [0.3, 0.4) is 0 Å². The molecule has 2 heteroatoms. The van der Waals surface area contributed by atoms with Gasteiger partial charge >= 0.3 is 0 Å². The lowest BCUT2D eigenvalue weighted by molar-refractivity contribution is -0.125. The van der Waals surface area contributed by atoms with E-state index < -0.39 is 6.10 Å². The number of hydrogen-bond donors (Lipinski definition) is 1. The average molecular weight is 166 g/mol. The number of rotatable bonds is 1. The molecule has 0 amide bonds. The fraction of sp³-hybridized carbons (Fsp3) is 0.500. The first kappa shape index (κ1) is 9.20. The lowest BCUT2D eigenvalue weighted by Crippen LogP contribution is -2.33. The predicted molar refractivity (Wildman–Crippen MR) is 47.7 cm³/mol. The number of aliphatic hydroxyl groups excluding tert-OH is 1. The van der Waals surface area contributed by atoms with Crippen LogP contribution < -0.4 is 0 Å². The summed E-state index contributed by atoms with van der Waals surface area (Å²) in [5, 5.41) is 9.53. The molecule has 0 aliphatic heterocycles. The Kier molecular flexibility index (Phi) is 2.48. The minimum Gasteiger partial charge on any atom is -0.384 e. The first-order valence-corrected chi connectivity index (χ1v) is 4.08. The maximum Gasteiger partial charge on any atom is 0.187 e. The van der Waals surface area contributed by atoms with Crippen LogP contribution in [0.15, 0.2) is 23.8 Å². The van der Waals surface area contributed by atoms with Crippen molar-refractivity contribution >= 4 is 5.78 Å². The second-order valence-electron chi connectivity index (χ2n) is 3.38. The van der Waals surface area contributed by atoms with E-state index in [0.717, 1.165) is 12.0 Å². The third-order valence-electron chi connectivity index (χ3n) is 2.35. The lowest BCUT2D eigenvalue weighted by atomic mass is 9.83. The topological polar surface area (TPSA) is 37.3 Å². The Hall–Kier alpha value is -0.890. The SMILES string of the molecule is C=C(C)[C@@H]1CC=C(C)C(=O)[C@@H]1O. The Bertz CT molecular complexity index is 251. The van der Waals surface area contributed by atoms with E-state index in [9.17, 15) is 9.90 Å². The van der Waals surface area contributed by atoms with E-state index >= 15 is 0 Å². The molecule has 0 aromatic carbocycles. The van der Waals surface area contributed by atoms with Crippen LogP contribution in [0, 0.1) is 5.92 Å². The summed E-state index contributed by atoms with van der Waals surface area (Å²) >= 11 is 0. The van der Waals surface area contributed by atoms with Crippen LogP contribution in [-0.4, -0.2) is 17.0 Å². The van der Waals surface area contributed by atoms with E-state index in [1.54, 1.807) is 6.92 Å². The lowest BCUT2D eigenvalue weighted by Gasteiger charge is -2.25. The van der Waals surface area contributed by atoms with E-state index in [1.807, 2.05) is 13.0 Å². The molecule has 2 nitrogen and oxygen atoms in total. The van der Waals surface area contributed by atoms with Crippen molar-refractivity contribution in [3.8, 4) is 0 Å². The van der Waals surface area contributed by atoms with Crippen molar-refractivity contribution in [2.45, 2.75) is 26.4 Å². The quantitative estimate of drug-likeness (QED) is 0.599. The molecule has 0 saturated carbocycles. The summed E-state index contributed by atoms with van der Waals surface area (Å²) in [5.74, 6) is -0.240. The molecule has 0 unspecified atom stereocenters. The van der Waals surface area contributed by atoms with Crippen LogP contribution >= 0.6 is 0 Å². The van der Waals surface area contributed by atoms with Gasteiger partial charge in [0, 0.05) is 5.92 Å². The Morgan fingerprint density at radius 2 is 2.33 bits per heavy atom. The van der Waals surface area contributed by atoms with Crippen molar-refractivity contribution < 1.29 is 9.90 Å². The Labute approximate surface area is 72.6 Å². The molecule has 1 rings (SSSR count). The van der Waals surface area contributed by atoms with Crippen molar-refractivity contribution in [1.82, 2.24) is 0 Å². The van der Waals surface area contributed by atoms with Crippen LogP contribution in [0.4, 0.5) is 0 Å². The number of hydrogen-bond acceptors (Lipinski definition) is 2. The zero-order valence-electron chi connectivity index (χ0n) is 7.50. The summed E-state index contributed by atoms with van der Waals surface area (Å²) in [6, 6.07) is 0. The third-order valence-corrected chi connectivity index (χ3v) is 2.35. The molecule has 2 atom stereocenters. The van der Waals surface area contributed by atoms with Gasteiger partial charge in [-0.05, 0) is 25.8 Å². The van der Waals surface area contributed by atoms with Gasteiger partial charge in [-0.25, -0.2) is 0 Å². The van der Waals surface area contributed by atoms with Gasteiger partial charge in [0.05, 0.1) is 0 Å².